The largest absolute Gasteiger partial charge is 0.394 e. The summed E-state index contributed by atoms with van der Waals surface area (Å²) >= 11 is 0. The van der Waals surface area contributed by atoms with Crippen LogP contribution < -0.4 is 5.32 Å². The van der Waals surface area contributed by atoms with Gasteiger partial charge in [0.05, 0.1) is 30.0 Å². The maximum atomic E-state index is 12.4. The molecule has 0 unspecified atom stereocenters. The van der Waals surface area contributed by atoms with E-state index < -0.39 is 6.10 Å². The lowest BCUT2D eigenvalue weighted by molar-refractivity contribution is -0.0912. The summed E-state index contributed by atoms with van der Waals surface area (Å²) < 4.78 is 8.00. The zero-order chi connectivity index (χ0) is 20.8. The number of rotatable bonds is 7. The van der Waals surface area contributed by atoms with Gasteiger partial charge in [0.15, 0.2) is 0 Å². The first-order valence-corrected chi connectivity index (χ1v) is 11.1. The highest BCUT2D eigenvalue weighted by atomic mass is 16.5. The smallest absolute Gasteiger partial charge is 0.253 e. The van der Waals surface area contributed by atoms with Gasteiger partial charge in [-0.25, -0.2) is 0 Å². The van der Waals surface area contributed by atoms with E-state index in [9.17, 15) is 9.90 Å². The van der Waals surface area contributed by atoms with Crippen molar-refractivity contribution in [2.24, 2.45) is 0 Å². The molecule has 0 spiro atoms. The van der Waals surface area contributed by atoms with Crippen LogP contribution in [0.15, 0.2) is 30.7 Å². The SMILES string of the molecule is O=C(N[C@H]1CC[C@H](CCn2cc(C3CCCCC3)nn2)O[C@@H]1CO)c1cccnc1. The van der Waals surface area contributed by atoms with Crippen LogP contribution in [-0.4, -0.2) is 55.8 Å². The molecule has 8 heteroatoms. The highest BCUT2D eigenvalue weighted by Crippen LogP contribution is 2.31. The van der Waals surface area contributed by atoms with Crippen molar-refractivity contribution < 1.29 is 14.6 Å². The highest BCUT2D eigenvalue weighted by Gasteiger charge is 2.32. The Morgan fingerprint density at radius 2 is 2.10 bits per heavy atom. The summed E-state index contributed by atoms with van der Waals surface area (Å²) in [7, 11) is 0. The van der Waals surface area contributed by atoms with Gasteiger partial charge in [0, 0.05) is 31.1 Å². The lowest BCUT2D eigenvalue weighted by atomic mass is 9.87. The quantitative estimate of drug-likeness (QED) is 0.723. The third-order valence-corrected chi connectivity index (χ3v) is 6.30. The lowest BCUT2D eigenvalue weighted by Gasteiger charge is -2.36. The minimum absolute atomic E-state index is 0.0380. The van der Waals surface area contributed by atoms with Gasteiger partial charge in [-0.15, -0.1) is 5.10 Å². The number of carbonyl (C=O) groups is 1. The molecule has 2 fully saturated rings. The molecule has 30 heavy (non-hydrogen) atoms. The van der Waals surface area contributed by atoms with Crippen molar-refractivity contribution in [3.63, 3.8) is 0 Å². The molecule has 0 radical (unpaired) electrons. The topological polar surface area (TPSA) is 102 Å². The average Bonchev–Trinajstić information content (AvgIpc) is 3.28. The van der Waals surface area contributed by atoms with Crippen LogP contribution in [0.3, 0.4) is 0 Å². The fourth-order valence-electron chi connectivity index (χ4n) is 4.54. The van der Waals surface area contributed by atoms with Gasteiger partial charge in [-0.2, -0.15) is 0 Å². The van der Waals surface area contributed by atoms with E-state index in [2.05, 4.69) is 26.8 Å². The second-order valence-corrected chi connectivity index (χ2v) is 8.41. The number of aliphatic hydroxyl groups is 1. The fraction of sp³-hybridized carbons (Fsp3) is 0.636. The van der Waals surface area contributed by atoms with Crippen LogP contribution in [0.25, 0.3) is 0 Å². The molecule has 2 aromatic rings. The Balaban J connectivity index is 1.26. The summed E-state index contributed by atoms with van der Waals surface area (Å²) in [6.45, 7) is 0.624. The van der Waals surface area contributed by atoms with E-state index >= 15 is 0 Å². The minimum atomic E-state index is -0.405. The monoisotopic (exact) mass is 413 g/mol. The Morgan fingerprint density at radius 1 is 1.23 bits per heavy atom. The minimum Gasteiger partial charge on any atom is -0.394 e. The fourth-order valence-corrected chi connectivity index (χ4v) is 4.54. The maximum absolute atomic E-state index is 12.4. The molecule has 3 heterocycles. The van der Waals surface area contributed by atoms with Gasteiger partial charge in [-0.05, 0) is 44.2 Å². The number of aryl methyl sites for hydroxylation is 1. The number of nitrogens with one attached hydrogen (secondary N) is 1. The van der Waals surface area contributed by atoms with Gasteiger partial charge in [0.1, 0.15) is 6.10 Å². The van der Waals surface area contributed by atoms with Crippen LogP contribution in [-0.2, 0) is 11.3 Å². The van der Waals surface area contributed by atoms with E-state index in [1.54, 1.807) is 18.3 Å². The van der Waals surface area contributed by atoms with E-state index in [0.717, 1.165) is 31.5 Å². The van der Waals surface area contributed by atoms with Crippen molar-refractivity contribution >= 4 is 5.91 Å². The first-order chi connectivity index (χ1) is 14.7. The van der Waals surface area contributed by atoms with Crippen molar-refractivity contribution in [2.75, 3.05) is 6.61 Å². The molecule has 0 aromatic carbocycles. The number of hydrogen-bond donors (Lipinski definition) is 2. The third kappa shape index (κ3) is 5.23. The molecule has 2 aliphatic rings. The first kappa shape index (κ1) is 20.9. The summed E-state index contributed by atoms with van der Waals surface area (Å²) in [5.41, 5.74) is 1.63. The number of carbonyl (C=O) groups excluding carboxylic acids is 1. The van der Waals surface area contributed by atoms with Crippen LogP contribution in [0.4, 0.5) is 0 Å². The van der Waals surface area contributed by atoms with E-state index in [-0.39, 0.29) is 24.7 Å². The predicted molar refractivity (Wildman–Crippen MR) is 111 cm³/mol. The van der Waals surface area contributed by atoms with E-state index in [1.165, 1.54) is 38.3 Å². The molecule has 3 atom stereocenters. The lowest BCUT2D eigenvalue weighted by Crippen LogP contribution is -2.51. The number of ether oxygens (including phenoxy) is 1. The van der Waals surface area contributed by atoms with Crippen molar-refractivity contribution in [1.82, 2.24) is 25.3 Å². The highest BCUT2D eigenvalue weighted by molar-refractivity contribution is 5.94. The van der Waals surface area contributed by atoms with Crippen molar-refractivity contribution in [3.8, 4) is 0 Å². The second-order valence-electron chi connectivity index (χ2n) is 8.41. The zero-order valence-corrected chi connectivity index (χ0v) is 17.3. The predicted octanol–water partition coefficient (Wildman–Crippen LogP) is 2.45. The van der Waals surface area contributed by atoms with Crippen molar-refractivity contribution in [3.05, 3.63) is 42.0 Å². The van der Waals surface area contributed by atoms with Crippen molar-refractivity contribution in [2.45, 2.75) is 82.1 Å². The summed E-state index contributed by atoms with van der Waals surface area (Å²) in [4.78, 5) is 16.4. The maximum Gasteiger partial charge on any atom is 0.253 e. The molecule has 162 valence electrons. The molecule has 2 N–H and O–H groups in total. The molecule has 1 saturated heterocycles. The van der Waals surface area contributed by atoms with Crippen LogP contribution in [0, 0.1) is 0 Å². The van der Waals surface area contributed by atoms with Gasteiger partial charge in [0.2, 0.25) is 0 Å². The molecule has 8 nitrogen and oxygen atoms in total. The second kappa shape index (κ2) is 10.1. The average molecular weight is 414 g/mol. The first-order valence-electron chi connectivity index (χ1n) is 11.1. The number of pyridine rings is 1. The summed E-state index contributed by atoms with van der Waals surface area (Å²) in [6, 6.07) is 3.25. The molecule has 1 saturated carbocycles. The molecular formula is C22H31N5O3. The Hall–Kier alpha value is -2.32. The number of hydrogen-bond acceptors (Lipinski definition) is 6. The van der Waals surface area contributed by atoms with Gasteiger partial charge in [-0.3, -0.25) is 14.5 Å². The summed E-state index contributed by atoms with van der Waals surface area (Å²) in [5, 5.41) is 21.4. The van der Waals surface area contributed by atoms with Crippen LogP contribution in [0.1, 0.15) is 73.3 Å². The number of nitrogens with zero attached hydrogens (tertiary/aromatic N) is 4. The van der Waals surface area contributed by atoms with Gasteiger partial charge < -0.3 is 15.2 Å². The normalized spacial score (nSPS) is 25.2. The Bertz CT molecular complexity index is 806. The summed E-state index contributed by atoms with van der Waals surface area (Å²) in [5.74, 6) is 0.368. The van der Waals surface area contributed by atoms with E-state index in [4.69, 9.17) is 4.74 Å². The molecule has 1 aliphatic carbocycles. The number of aliphatic hydroxyl groups excluding tert-OH is 1. The molecule has 2 aromatic heterocycles. The molecular weight excluding hydrogens is 382 g/mol. The standard InChI is InChI=1S/C22H31N5O3/c28-15-21-19(24-22(29)17-7-4-11-23-13-17)9-8-18(30-21)10-12-27-14-20(25-26-27)16-5-2-1-3-6-16/h4,7,11,13-14,16,18-19,21,28H,1-3,5-6,8-10,12,15H2,(H,24,29)/t18-,19+,21-/m1/s1. The Labute approximate surface area is 177 Å². The molecule has 1 amide bonds. The van der Waals surface area contributed by atoms with Crippen LogP contribution in [0.2, 0.25) is 0 Å². The Morgan fingerprint density at radius 3 is 2.87 bits per heavy atom. The van der Waals surface area contributed by atoms with Gasteiger partial charge >= 0.3 is 0 Å². The summed E-state index contributed by atoms with van der Waals surface area (Å²) in [6.07, 6.45) is 13.6. The Kier molecular flexibility index (Phi) is 7.07. The van der Waals surface area contributed by atoms with Gasteiger partial charge in [0.25, 0.3) is 5.91 Å². The molecule has 1 aliphatic heterocycles. The zero-order valence-electron chi connectivity index (χ0n) is 17.3. The van der Waals surface area contributed by atoms with E-state index in [1.807, 2.05) is 4.68 Å². The van der Waals surface area contributed by atoms with Crippen LogP contribution >= 0.6 is 0 Å². The molecule has 0 bridgehead atoms. The van der Waals surface area contributed by atoms with Crippen LogP contribution in [0.5, 0.6) is 0 Å². The van der Waals surface area contributed by atoms with E-state index in [0.29, 0.717) is 11.5 Å². The number of aromatic nitrogens is 4. The van der Waals surface area contributed by atoms with Crippen molar-refractivity contribution in [1.29, 1.82) is 0 Å². The number of amides is 1. The third-order valence-electron chi connectivity index (χ3n) is 6.30. The molecule has 4 rings (SSSR count). The van der Waals surface area contributed by atoms with Gasteiger partial charge in [-0.1, -0.05) is 24.5 Å².